The summed E-state index contributed by atoms with van der Waals surface area (Å²) in [5.41, 5.74) is 3.79. The molecule has 3 heterocycles. The minimum atomic E-state index is -0.275. The molecule has 1 unspecified atom stereocenters. The maximum atomic E-state index is 13.0. The number of aromatic nitrogens is 2. The Morgan fingerprint density at radius 1 is 1.13 bits per heavy atom. The highest BCUT2D eigenvalue weighted by atomic mass is 32.2. The van der Waals surface area contributed by atoms with Crippen molar-refractivity contribution < 1.29 is 14.3 Å². The van der Waals surface area contributed by atoms with Gasteiger partial charge in [0.25, 0.3) is 0 Å². The SMILES string of the molecule is CC1NC(=O)N([C@H](C)c2ccccc2)c2ncnc(SCC(=O)Nc3ccc(CN4CCOCC4)cc3)c21. The second-order valence-corrected chi connectivity index (χ2v) is 10.4. The third-order valence-corrected chi connectivity index (χ3v) is 7.81. The van der Waals surface area contributed by atoms with Crippen molar-refractivity contribution in [3.05, 3.63) is 77.6 Å². The molecule has 1 fully saturated rings. The Kier molecular flexibility index (Phi) is 8.21. The van der Waals surface area contributed by atoms with Gasteiger partial charge in [-0.1, -0.05) is 54.2 Å². The van der Waals surface area contributed by atoms with E-state index in [1.54, 1.807) is 4.90 Å². The molecule has 2 aliphatic heterocycles. The van der Waals surface area contributed by atoms with Crippen LogP contribution in [0.4, 0.5) is 16.3 Å². The van der Waals surface area contributed by atoms with Gasteiger partial charge in [0, 0.05) is 30.9 Å². The molecule has 0 saturated carbocycles. The van der Waals surface area contributed by atoms with E-state index >= 15 is 0 Å². The van der Waals surface area contributed by atoms with Crippen LogP contribution >= 0.6 is 11.8 Å². The number of urea groups is 1. The largest absolute Gasteiger partial charge is 0.379 e. The third kappa shape index (κ3) is 5.98. The van der Waals surface area contributed by atoms with Crippen LogP contribution in [0.5, 0.6) is 0 Å². The number of morpholine rings is 1. The molecule has 0 radical (unpaired) electrons. The van der Waals surface area contributed by atoms with Crippen molar-refractivity contribution in [1.29, 1.82) is 0 Å². The van der Waals surface area contributed by atoms with E-state index in [1.165, 1.54) is 23.7 Å². The average Bonchev–Trinajstić information content (AvgIpc) is 2.94. The number of rotatable bonds is 8. The van der Waals surface area contributed by atoms with E-state index < -0.39 is 0 Å². The average molecular weight is 533 g/mol. The molecule has 0 spiro atoms. The number of carbonyl (C=O) groups is 2. The number of amides is 3. The summed E-state index contributed by atoms with van der Waals surface area (Å²) in [7, 11) is 0. The fourth-order valence-corrected chi connectivity index (χ4v) is 5.65. The molecule has 2 aromatic carbocycles. The van der Waals surface area contributed by atoms with Crippen LogP contribution in [0.2, 0.25) is 0 Å². The highest BCUT2D eigenvalue weighted by molar-refractivity contribution is 8.00. The Balaban J connectivity index is 1.24. The van der Waals surface area contributed by atoms with Crippen LogP contribution in [0.25, 0.3) is 0 Å². The molecular weight excluding hydrogens is 500 g/mol. The van der Waals surface area contributed by atoms with Gasteiger partial charge >= 0.3 is 6.03 Å². The summed E-state index contributed by atoms with van der Waals surface area (Å²) in [6.45, 7) is 8.19. The minimum Gasteiger partial charge on any atom is -0.379 e. The van der Waals surface area contributed by atoms with Gasteiger partial charge in [0.15, 0.2) is 0 Å². The fourth-order valence-electron chi connectivity index (χ4n) is 4.76. The molecule has 9 nitrogen and oxygen atoms in total. The first-order valence-electron chi connectivity index (χ1n) is 12.8. The summed E-state index contributed by atoms with van der Waals surface area (Å²) >= 11 is 1.34. The Hall–Kier alpha value is -3.47. The normalized spacial score (nSPS) is 18.4. The topological polar surface area (TPSA) is 99.7 Å². The van der Waals surface area contributed by atoms with Gasteiger partial charge in [-0.3, -0.25) is 14.6 Å². The maximum Gasteiger partial charge on any atom is 0.324 e. The smallest absolute Gasteiger partial charge is 0.324 e. The Morgan fingerprint density at radius 2 is 1.87 bits per heavy atom. The van der Waals surface area contributed by atoms with Crippen molar-refractivity contribution in [3.63, 3.8) is 0 Å². The van der Waals surface area contributed by atoms with Gasteiger partial charge in [-0.25, -0.2) is 14.8 Å². The van der Waals surface area contributed by atoms with Crippen molar-refractivity contribution in [2.75, 3.05) is 42.3 Å². The molecule has 0 aliphatic carbocycles. The van der Waals surface area contributed by atoms with Gasteiger partial charge in [-0.05, 0) is 37.1 Å². The maximum absolute atomic E-state index is 13.0. The van der Waals surface area contributed by atoms with Crippen LogP contribution in [-0.2, 0) is 16.1 Å². The van der Waals surface area contributed by atoms with Crippen LogP contribution in [0.15, 0.2) is 66.0 Å². The predicted molar refractivity (Wildman–Crippen MR) is 148 cm³/mol. The van der Waals surface area contributed by atoms with Crippen LogP contribution < -0.4 is 15.5 Å². The summed E-state index contributed by atoms with van der Waals surface area (Å²) in [4.78, 5) is 38.7. The number of hydrogen-bond acceptors (Lipinski definition) is 7. The first-order chi connectivity index (χ1) is 18.5. The number of anilines is 2. The van der Waals surface area contributed by atoms with Gasteiger partial charge in [0.2, 0.25) is 5.91 Å². The first kappa shape index (κ1) is 26.1. The van der Waals surface area contributed by atoms with E-state index in [1.807, 2.05) is 68.4 Å². The number of fused-ring (bicyclic) bond motifs is 1. The van der Waals surface area contributed by atoms with Gasteiger partial charge in [0.1, 0.15) is 17.2 Å². The van der Waals surface area contributed by atoms with Crippen LogP contribution in [0, 0.1) is 0 Å². The van der Waals surface area contributed by atoms with E-state index in [2.05, 4.69) is 25.5 Å². The highest BCUT2D eigenvalue weighted by Crippen LogP contribution is 2.39. The summed E-state index contributed by atoms with van der Waals surface area (Å²) in [5, 5.41) is 6.68. The van der Waals surface area contributed by atoms with Gasteiger partial charge in [0.05, 0.1) is 31.1 Å². The standard InChI is InChI=1S/C28H32N6O3S/c1-19-25-26(34(28(36)31-19)20(2)22-6-4-3-5-7-22)29-18-30-27(25)38-17-24(35)32-23-10-8-21(9-11-23)16-33-12-14-37-15-13-33/h3-11,18-20H,12-17H2,1-2H3,(H,31,36)(H,32,35)/t19?,20-/m1/s1. The lowest BCUT2D eigenvalue weighted by molar-refractivity contribution is -0.113. The number of benzene rings is 2. The first-order valence-corrected chi connectivity index (χ1v) is 13.8. The van der Waals surface area contributed by atoms with E-state index in [9.17, 15) is 9.59 Å². The van der Waals surface area contributed by atoms with Crippen molar-refractivity contribution in [2.45, 2.75) is 37.5 Å². The number of thioether (sulfide) groups is 1. The van der Waals surface area contributed by atoms with Gasteiger partial charge in [-0.2, -0.15) is 0 Å². The minimum absolute atomic E-state index is 0.120. The molecule has 0 bridgehead atoms. The predicted octanol–water partition coefficient (Wildman–Crippen LogP) is 4.39. The van der Waals surface area contributed by atoms with Gasteiger partial charge in [-0.15, -0.1) is 0 Å². The molecule has 2 aliphatic rings. The number of nitrogens with zero attached hydrogens (tertiary/aromatic N) is 4. The van der Waals surface area contributed by atoms with E-state index in [-0.39, 0.29) is 29.8 Å². The fraction of sp³-hybridized carbons (Fsp3) is 0.357. The zero-order valence-corrected chi connectivity index (χ0v) is 22.4. The summed E-state index contributed by atoms with van der Waals surface area (Å²) < 4.78 is 5.41. The lowest BCUT2D eigenvalue weighted by atomic mass is 10.0. The van der Waals surface area contributed by atoms with Crippen molar-refractivity contribution in [2.24, 2.45) is 0 Å². The summed E-state index contributed by atoms with van der Waals surface area (Å²) in [6.07, 6.45) is 1.46. The Labute approximate surface area is 227 Å². The molecular formula is C28H32N6O3S. The van der Waals surface area contributed by atoms with Crippen LogP contribution in [0.3, 0.4) is 0 Å². The zero-order valence-electron chi connectivity index (χ0n) is 21.6. The molecule has 5 rings (SSSR count). The lowest BCUT2D eigenvalue weighted by Crippen LogP contribution is -2.47. The second-order valence-electron chi connectivity index (χ2n) is 9.47. The molecule has 198 valence electrons. The quantitative estimate of drug-likeness (QED) is 0.328. The summed E-state index contributed by atoms with van der Waals surface area (Å²) in [5.74, 6) is 0.644. The van der Waals surface area contributed by atoms with E-state index in [0.29, 0.717) is 10.8 Å². The zero-order chi connectivity index (χ0) is 26.5. The summed E-state index contributed by atoms with van der Waals surface area (Å²) in [6, 6.07) is 17.1. The van der Waals surface area contributed by atoms with Crippen LogP contribution in [-0.4, -0.2) is 58.9 Å². The number of nitrogens with one attached hydrogen (secondary N) is 2. The van der Waals surface area contributed by atoms with Crippen molar-refractivity contribution in [1.82, 2.24) is 20.2 Å². The third-order valence-electron chi connectivity index (χ3n) is 6.80. The second kappa shape index (κ2) is 11.9. The lowest BCUT2D eigenvalue weighted by Gasteiger charge is -2.36. The van der Waals surface area contributed by atoms with Crippen LogP contribution in [0.1, 0.15) is 42.6 Å². The van der Waals surface area contributed by atoms with Gasteiger partial charge < -0.3 is 15.4 Å². The number of ether oxygens (including phenoxy) is 1. The molecule has 1 saturated heterocycles. The molecule has 2 N–H and O–H groups in total. The molecule has 38 heavy (non-hydrogen) atoms. The molecule has 3 amide bonds. The van der Waals surface area contributed by atoms with Crippen molar-refractivity contribution >= 4 is 35.2 Å². The molecule has 10 heteroatoms. The van der Waals surface area contributed by atoms with E-state index in [4.69, 9.17) is 4.74 Å². The Bertz CT molecular complexity index is 1270. The number of hydrogen-bond donors (Lipinski definition) is 2. The molecule has 3 aromatic rings. The highest BCUT2D eigenvalue weighted by Gasteiger charge is 2.35. The molecule has 2 atom stereocenters. The van der Waals surface area contributed by atoms with Crippen molar-refractivity contribution in [3.8, 4) is 0 Å². The number of carbonyl (C=O) groups excluding carboxylic acids is 2. The molecule has 1 aromatic heterocycles. The monoisotopic (exact) mass is 532 g/mol. The Morgan fingerprint density at radius 3 is 2.61 bits per heavy atom. The van der Waals surface area contributed by atoms with E-state index in [0.717, 1.165) is 49.7 Å².